The summed E-state index contributed by atoms with van der Waals surface area (Å²) in [5.41, 5.74) is -1.50. The number of likely N-dealkylation sites (tertiary alicyclic amines) is 1. The van der Waals surface area contributed by atoms with Crippen LogP contribution in [-0.2, 0) is 6.18 Å². The number of benzene rings is 1. The van der Waals surface area contributed by atoms with Crippen molar-refractivity contribution in [1.82, 2.24) is 4.90 Å². The molecule has 1 amide bonds. The number of carbonyl (C=O) groups excluding carboxylic acids is 1. The van der Waals surface area contributed by atoms with E-state index in [9.17, 15) is 22.4 Å². The van der Waals surface area contributed by atoms with E-state index >= 15 is 0 Å². The van der Waals surface area contributed by atoms with Crippen LogP contribution in [0, 0.1) is 11.7 Å². The highest BCUT2D eigenvalue weighted by atomic mass is 19.4. The molecule has 2 rings (SSSR count). The highest BCUT2D eigenvalue weighted by Crippen LogP contribution is 2.31. The number of hydrogen-bond acceptors (Lipinski definition) is 1. The predicted octanol–water partition coefficient (Wildman–Crippen LogP) is 4.11. The number of rotatable bonds is 2. The van der Waals surface area contributed by atoms with Crippen LogP contribution in [0.1, 0.15) is 42.1 Å². The molecule has 1 aliphatic rings. The molecular formula is C15H17F4NO. The monoisotopic (exact) mass is 303 g/mol. The molecule has 1 atom stereocenters. The summed E-state index contributed by atoms with van der Waals surface area (Å²) >= 11 is 0. The largest absolute Gasteiger partial charge is 0.416 e. The Balaban J connectivity index is 2.26. The lowest BCUT2D eigenvalue weighted by molar-refractivity contribution is -0.137. The standard InChI is InChI=1S/C15H17F4NO/c1-2-10-4-3-7-20(9-10)14(21)12-8-11(15(17,18)19)5-6-13(12)16/h5-6,8,10H,2-4,7,9H2,1H3. The van der Waals surface area contributed by atoms with Crippen molar-refractivity contribution in [3.63, 3.8) is 0 Å². The summed E-state index contributed by atoms with van der Waals surface area (Å²) in [5, 5.41) is 0. The first-order valence-corrected chi connectivity index (χ1v) is 6.99. The lowest BCUT2D eigenvalue weighted by Gasteiger charge is -2.32. The second kappa shape index (κ2) is 6.03. The third-order valence-electron chi connectivity index (χ3n) is 3.91. The number of hydrogen-bond donors (Lipinski definition) is 0. The second-order valence-corrected chi connectivity index (χ2v) is 5.36. The molecule has 21 heavy (non-hydrogen) atoms. The highest BCUT2D eigenvalue weighted by Gasteiger charge is 2.33. The molecule has 116 valence electrons. The van der Waals surface area contributed by atoms with Crippen molar-refractivity contribution in [1.29, 1.82) is 0 Å². The Morgan fingerprint density at radius 2 is 2.10 bits per heavy atom. The van der Waals surface area contributed by atoms with Gasteiger partial charge >= 0.3 is 6.18 Å². The molecule has 0 N–H and O–H groups in total. The summed E-state index contributed by atoms with van der Waals surface area (Å²) in [7, 11) is 0. The fraction of sp³-hybridized carbons (Fsp3) is 0.533. The lowest BCUT2D eigenvalue weighted by atomic mass is 9.95. The van der Waals surface area contributed by atoms with Gasteiger partial charge in [0.2, 0.25) is 0 Å². The molecule has 0 spiro atoms. The van der Waals surface area contributed by atoms with Gasteiger partial charge in [0.25, 0.3) is 5.91 Å². The number of piperidine rings is 1. The first kappa shape index (κ1) is 15.8. The Kier molecular flexibility index (Phi) is 4.54. The first-order chi connectivity index (χ1) is 9.82. The van der Waals surface area contributed by atoms with Gasteiger partial charge < -0.3 is 4.90 Å². The fourth-order valence-corrected chi connectivity index (χ4v) is 2.62. The van der Waals surface area contributed by atoms with Gasteiger partial charge in [-0.3, -0.25) is 4.79 Å². The maximum atomic E-state index is 13.7. The molecule has 6 heteroatoms. The first-order valence-electron chi connectivity index (χ1n) is 6.99. The van der Waals surface area contributed by atoms with E-state index in [4.69, 9.17) is 0 Å². The van der Waals surface area contributed by atoms with E-state index in [0.29, 0.717) is 37.2 Å². The van der Waals surface area contributed by atoms with Crippen molar-refractivity contribution in [3.8, 4) is 0 Å². The molecule has 1 aromatic rings. The Morgan fingerprint density at radius 1 is 1.38 bits per heavy atom. The molecule has 0 aromatic heterocycles. The van der Waals surface area contributed by atoms with Crippen molar-refractivity contribution in [2.75, 3.05) is 13.1 Å². The van der Waals surface area contributed by atoms with Crippen molar-refractivity contribution in [2.24, 2.45) is 5.92 Å². The van der Waals surface area contributed by atoms with Gasteiger partial charge in [0.15, 0.2) is 0 Å². The molecule has 0 bridgehead atoms. The van der Waals surface area contributed by atoms with E-state index in [1.165, 1.54) is 4.90 Å². The number of amides is 1. The van der Waals surface area contributed by atoms with Crippen molar-refractivity contribution >= 4 is 5.91 Å². The van der Waals surface area contributed by atoms with Crippen LogP contribution >= 0.6 is 0 Å². The maximum Gasteiger partial charge on any atom is 0.416 e. The van der Waals surface area contributed by atoms with Crippen LogP contribution in [0.15, 0.2) is 18.2 Å². The van der Waals surface area contributed by atoms with Crippen molar-refractivity contribution in [3.05, 3.63) is 35.1 Å². The SMILES string of the molecule is CCC1CCCN(C(=O)c2cc(C(F)(F)F)ccc2F)C1. The van der Waals surface area contributed by atoms with Crippen molar-refractivity contribution < 1.29 is 22.4 Å². The highest BCUT2D eigenvalue weighted by molar-refractivity contribution is 5.94. The molecule has 0 radical (unpaired) electrons. The van der Waals surface area contributed by atoms with Gasteiger partial charge in [-0.05, 0) is 37.0 Å². The van der Waals surface area contributed by atoms with E-state index in [2.05, 4.69) is 0 Å². The zero-order chi connectivity index (χ0) is 15.6. The normalized spacial score (nSPS) is 19.7. The van der Waals surface area contributed by atoms with Crippen LogP contribution < -0.4 is 0 Å². The summed E-state index contributed by atoms with van der Waals surface area (Å²) < 4.78 is 51.8. The fourth-order valence-electron chi connectivity index (χ4n) is 2.62. The number of alkyl halides is 3. The van der Waals surface area contributed by atoms with Crippen LogP contribution in [0.2, 0.25) is 0 Å². The minimum absolute atomic E-state index is 0.330. The molecule has 0 aliphatic carbocycles. The zero-order valence-corrected chi connectivity index (χ0v) is 11.7. The Morgan fingerprint density at radius 3 is 2.71 bits per heavy atom. The third-order valence-corrected chi connectivity index (χ3v) is 3.91. The minimum atomic E-state index is -4.59. The van der Waals surface area contributed by atoms with E-state index in [-0.39, 0.29) is 0 Å². The third kappa shape index (κ3) is 3.54. The molecule has 1 fully saturated rings. The molecule has 1 saturated heterocycles. The van der Waals surface area contributed by atoms with Gasteiger partial charge in [0, 0.05) is 13.1 Å². The van der Waals surface area contributed by atoms with Gasteiger partial charge in [-0.15, -0.1) is 0 Å². The second-order valence-electron chi connectivity index (χ2n) is 5.36. The van der Waals surface area contributed by atoms with Crippen LogP contribution in [0.4, 0.5) is 17.6 Å². The zero-order valence-electron chi connectivity index (χ0n) is 11.7. The summed E-state index contributed by atoms with van der Waals surface area (Å²) in [4.78, 5) is 13.7. The average molecular weight is 303 g/mol. The van der Waals surface area contributed by atoms with E-state index < -0.39 is 29.0 Å². The molecule has 2 nitrogen and oxygen atoms in total. The molecule has 1 aromatic carbocycles. The molecule has 1 heterocycles. The van der Waals surface area contributed by atoms with E-state index in [0.717, 1.165) is 19.3 Å². The molecule has 0 saturated carbocycles. The van der Waals surface area contributed by atoms with Gasteiger partial charge in [0.05, 0.1) is 11.1 Å². The van der Waals surface area contributed by atoms with Gasteiger partial charge in [0.1, 0.15) is 5.82 Å². The van der Waals surface area contributed by atoms with Gasteiger partial charge in [-0.1, -0.05) is 13.3 Å². The van der Waals surface area contributed by atoms with Crippen LogP contribution in [0.3, 0.4) is 0 Å². The Labute approximate surface area is 120 Å². The Hall–Kier alpha value is -1.59. The van der Waals surface area contributed by atoms with Crippen LogP contribution in [0.25, 0.3) is 0 Å². The van der Waals surface area contributed by atoms with Crippen LogP contribution in [-0.4, -0.2) is 23.9 Å². The summed E-state index contributed by atoms with van der Waals surface area (Å²) in [6, 6.07) is 1.96. The predicted molar refractivity (Wildman–Crippen MR) is 70.3 cm³/mol. The summed E-state index contributed by atoms with van der Waals surface area (Å²) in [6.45, 7) is 2.94. The van der Waals surface area contributed by atoms with E-state index in [1.807, 2.05) is 6.92 Å². The van der Waals surface area contributed by atoms with Crippen LogP contribution in [0.5, 0.6) is 0 Å². The average Bonchev–Trinajstić information content (AvgIpc) is 2.46. The van der Waals surface area contributed by atoms with Crippen molar-refractivity contribution in [2.45, 2.75) is 32.4 Å². The Bertz CT molecular complexity index is 527. The number of carbonyl (C=O) groups is 1. The van der Waals surface area contributed by atoms with E-state index in [1.54, 1.807) is 0 Å². The topological polar surface area (TPSA) is 20.3 Å². The maximum absolute atomic E-state index is 13.7. The lowest BCUT2D eigenvalue weighted by Crippen LogP contribution is -2.40. The number of nitrogens with zero attached hydrogens (tertiary/aromatic N) is 1. The smallest absolute Gasteiger partial charge is 0.338 e. The minimum Gasteiger partial charge on any atom is -0.338 e. The summed E-state index contributed by atoms with van der Waals surface area (Å²) in [6.07, 6.45) is -1.90. The van der Waals surface area contributed by atoms with Gasteiger partial charge in [-0.25, -0.2) is 4.39 Å². The van der Waals surface area contributed by atoms with Gasteiger partial charge in [-0.2, -0.15) is 13.2 Å². The quantitative estimate of drug-likeness (QED) is 0.753. The number of halogens is 4. The molecule has 1 aliphatic heterocycles. The molecular weight excluding hydrogens is 286 g/mol. The molecule has 1 unspecified atom stereocenters. The summed E-state index contributed by atoms with van der Waals surface area (Å²) in [5.74, 6) is -1.24.